The van der Waals surface area contributed by atoms with Gasteiger partial charge in [-0.3, -0.25) is 9.59 Å². The highest BCUT2D eigenvalue weighted by molar-refractivity contribution is 5.94. The molecule has 1 aliphatic carbocycles. The third kappa shape index (κ3) is 3.93. The predicted molar refractivity (Wildman–Crippen MR) is 115 cm³/mol. The highest BCUT2D eigenvalue weighted by Gasteiger charge is 2.49. The first-order valence-electron chi connectivity index (χ1n) is 10.7. The van der Waals surface area contributed by atoms with E-state index in [4.69, 9.17) is 9.47 Å². The van der Waals surface area contributed by atoms with E-state index >= 15 is 0 Å². The van der Waals surface area contributed by atoms with E-state index in [2.05, 4.69) is 12.1 Å². The van der Waals surface area contributed by atoms with E-state index in [0.29, 0.717) is 12.5 Å². The summed E-state index contributed by atoms with van der Waals surface area (Å²) in [6, 6.07) is 17.7. The summed E-state index contributed by atoms with van der Waals surface area (Å²) < 4.78 is 11.1. The fourth-order valence-electron chi connectivity index (χ4n) is 5.32. The maximum atomic E-state index is 13.1. The molecule has 1 aliphatic heterocycles. The second-order valence-electron chi connectivity index (χ2n) is 8.47. The molecule has 1 heterocycles. The molecule has 1 saturated heterocycles. The molecule has 0 bridgehead atoms. The number of carbonyl (C=O) groups is 2. The maximum Gasteiger partial charge on any atom is 0.302 e. The first-order chi connectivity index (χ1) is 14.5. The average molecular weight is 408 g/mol. The van der Waals surface area contributed by atoms with Gasteiger partial charge in [0.1, 0.15) is 11.9 Å². The minimum atomic E-state index is -0.226. The molecule has 1 saturated carbocycles. The van der Waals surface area contributed by atoms with E-state index < -0.39 is 0 Å². The summed E-state index contributed by atoms with van der Waals surface area (Å²) in [5.41, 5.74) is 1.83. The summed E-state index contributed by atoms with van der Waals surface area (Å²) in [5.74, 6) is 1.02. The molecule has 4 rings (SSSR count). The molecule has 2 fully saturated rings. The summed E-state index contributed by atoms with van der Waals surface area (Å²) in [5, 5.41) is 0. The van der Waals surface area contributed by atoms with Crippen molar-refractivity contribution in [3.8, 4) is 5.75 Å². The van der Waals surface area contributed by atoms with Crippen LogP contribution in [0, 0.1) is 5.92 Å². The molecular formula is C25H29NO4. The molecule has 1 amide bonds. The van der Waals surface area contributed by atoms with Crippen molar-refractivity contribution in [3.63, 3.8) is 0 Å². The lowest BCUT2D eigenvalue weighted by molar-refractivity contribution is -0.150. The molecule has 5 heteroatoms. The van der Waals surface area contributed by atoms with Crippen LogP contribution in [0.15, 0.2) is 54.6 Å². The summed E-state index contributed by atoms with van der Waals surface area (Å²) in [7, 11) is 1.68. The van der Waals surface area contributed by atoms with Crippen LogP contribution in [0.2, 0.25) is 0 Å². The lowest BCUT2D eigenvalue weighted by atomic mass is 9.58. The van der Waals surface area contributed by atoms with Crippen molar-refractivity contribution in [3.05, 3.63) is 65.7 Å². The zero-order valence-corrected chi connectivity index (χ0v) is 17.7. The second-order valence-corrected chi connectivity index (χ2v) is 8.47. The number of methoxy groups -OCH3 is 1. The van der Waals surface area contributed by atoms with Crippen LogP contribution in [0.4, 0.5) is 0 Å². The van der Waals surface area contributed by atoms with E-state index in [1.54, 1.807) is 7.11 Å². The summed E-state index contributed by atoms with van der Waals surface area (Å²) in [6.07, 6.45) is 3.32. The number of rotatable bonds is 4. The van der Waals surface area contributed by atoms with E-state index in [0.717, 1.165) is 43.5 Å². The van der Waals surface area contributed by atoms with Gasteiger partial charge in [0.05, 0.1) is 7.11 Å². The standard InChI is InChI=1S/C25H29NO4/c1-18(27)30-23-12-11-21-17-26(24(28)19-7-4-3-5-8-19)14-13-25(21,16-23)20-9-6-10-22(15-20)29-2/h3-10,15,21,23H,11-14,16-17H2,1-2H3. The molecule has 0 N–H and O–H groups in total. The van der Waals surface area contributed by atoms with E-state index in [9.17, 15) is 9.59 Å². The largest absolute Gasteiger partial charge is 0.497 e. The Morgan fingerprint density at radius 3 is 2.60 bits per heavy atom. The van der Waals surface area contributed by atoms with Crippen molar-refractivity contribution in [2.75, 3.05) is 20.2 Å². The van der Waals surface area contributed by atoms with Crippen molar-refractivity contribution in [1.29, 1.82) is 0 Å². The SMILES string of the molecule is COc1cccc(C23CCN(C(=O)c4ccccc4)CC2CCC(OC(C)=O)C3)c1. The average Bonchev–Trinajstić information content (AvgIpc) is 2.78. The van der Waals surface area contributed by atoms with Crippen LogP contribution < -0.4 is 4.74 Å². The molecule has 2 aromatic rings. The van der Waals surface area contributed by atoms with Gasteiger partial charge in [-0.1, -0.05) is 30.3 Å². The van der Waals surface area contributed by atoms with Gasteiger partial charge in [0.15, 0.2) is 0 Å². The topological polar surface area (TPSA) is 55.8 Å². The van der Waals surface area contributed by atoms with Gasteiger partial charge in [-0.2, -0.15) is 0 Å². The smallest absolute Gasteiger partial charge is 0.302 e. The molecule has 2 aliphatic rings. The fourth-order valence-corrected chi connectivity index (χ4v) is 5.32. The van der Waals surface area contributed by atoms with Crippen LogP contribution in [-0.2, 0) is 14.9 Å². The molecule has 3 atom stereocenters. The van der Waals surface area contributed by atoms with Crippen molar-refractivity contribution < 1.29 is 19.1 Å². The van der Waals surface area contributed by atoms with Gasteiger partial charge in [-0.25, -0.2) is 0 Å². The molecule has 0 radical (unpaired) electrons. The Labute approximate surface area is 178 Å². The third-order valence-electron chi connectivity index (χ3n) is 6.76. The first-order valence-corrected chi connectivity index (χ1v) is 10.7. The molecule has 5 nitrogen and oxygen atoms in total. The van der Waals surface area contributed by atoms with Crippen LogP contribution in [0.3, 0.4) is 0 Å². The lowest BCUT2D eigenvalue weighted by Crippen LogP contribution is -2.55. The molecule has 0 spiro atoms. The number of fused-ring (bicyclic) bond motifs is 1. The van der Waals surface area contributed by atoms with Gasteiger partial charge in [-0.15, -0.1) is 0 Å². The Kier molecular flexibility index (Phi) is 5.80. The number of ether oxygens (including phenoxy) is 2. The van der Waals surface area contributed by atoms with Crippen molar-refractivity contribution in [2.24, 2.45) is 5.92 Å². The molecule has 30 heavy (non-hydrogen) atoms. The van der Waals surface area contributed by atoms with E-state index in [1.165, 1.54) is 12.5 Å². The van der Waals surface area contributed by atoms with Gasteiger partial charge >= 0.3 is 5.97 Å². The van der Waals surface area contributed by atoms with E-state index in [1.807, 2.05) is 47.4 Å². The Morgan fingerprint density at radius 2 is 1.87 bits per heavy atom. The number of amides is 1. The number of benzene rings is 2. The molecule has 2 aromatic carbocycles. The number of piperidine rings is 1. The zero-order chi connectivity index (χ0) is 21.1. The van der Waals surface area contributed by atoms with Gasteiger partial charge in [0.25, 0.3) is 5.91 Å². The normalized spacial score (nSPS) is 25.9. The zero-order valence-electron chi connectivity index (χ0n) is 17.7. The maximum absolute atomic E-state index is 13.1. The first kappa shape index (κ1) is 20.5. The number of hydrogen-bond donors (Lipinski definition) is 0. The number of hydrogen-bond acceptors (Lipinski definition) is 4. The minimum absolute atomic E-state index is 0.0821. The molecule has 158 valence electrons. The lowest BCUT2D eigenvalue weighted by Gasteiger charge is -2.52. The predicted octanol–water partition coefficient (Wildman–Crippen LogP) is 4.21. The summed E-state index contributed by atoms with van der Waals surface area (Å²) >= 11 is 0. The monoisotopic (exact) mass is 407 g/mol. The van der Waals surface area contributed by atoms with Crippen LogP contribution in [0.25, 0.3) is 0 Å². The Morgan fingerprint density at radius 1 is 1.07 bits per heavy atom. The van der Waals surface area contributed by atoms with Crippen molar-refractivity contribution in [2.45, 2.75) is 44.1 Å². The Bertz CT molecular complexity index is 912. The number of esters is 1. The van der Waals surface area contributed by atoms with Crippen LogP contribution in [0.5, 0.6) is 5.75 Å². The number of likely N-dealkylation sites (tertiary alicyclic amines) is 1. The number of carbonyl (C=O) groups excluding carboxylic acids is 2. The van der Waals surface area contributed by atoms with Gasteiger partial charge < -0.3 is 14.4 Å². The summed E-state index contributed by atoms with van der Waals surface area (Å²) in [4.78, 5) is 26.7. The van der Waals surface area contributed by atoms with Gasteiger partial charge in [-0.05, 0) is 61.4 Å². The van der Waals surface area contributed by atoms with Gasteiger partial charge in [0, 0.05) is 31.0 Å². The molecule has 0 aromatic heterocycles. The van der Waals surface area contributed by atoms with Crippen LogP contribution >= 0.6 is 0 Å². The van der Waals surface area contributed by atoms with Crippen molar-refractivity contribution in [1.82, 2.24) is 4.90 Å². The highest BCUT2D eigenvalue weighted by Crippen LogP contribution is 2.50. The summed E-state index contributed by atoms with van der Waals surface area (Å²) in [6.45, 7) is 2.89. The fraction of sp³-hybridized carbons (Fsp3) is 0.440. The highest BCUT2D eigenvalue weighted by atomic mass is 16.5. The second kappa shape index (κ2) is 8.50. The minimum Gasteiger partial charge on any atom is -0.497 e. The number of nitrogens with zero attached hydrogens (tertiary/aromatic N) is 1. The molecule has 3 unspecified atom stereocenters. The van der Waals surface area contributed by atoms with Crippen LogP contribution in [-0.4, -0.2) is 43.1 Å². The Hall–Kier alpha value is -2.82. The van der Waals surface area contributed by atoms with Crippen molar-refractivity contribution >= 4 is 11.9 Å². The van der Waals surface area contributed by atoms with Crippen LogP contribution in [0.1, 0.15) is 48.5 Å². The Balaban J connectivity index is 1.63. The quantitative estimate of drug-likeness (QED) is 0.713. The third-order valence-corrected chi connectivity index (χ3v) is 6.76. The van der Waals surface area contributed by atoms with E-state index in [-0.39, 0.29) is 23.4 Å². The molecular weight excluding hydrogens is 378 g/mol. The van der Waals surface area contributed by atoms with Gasteiger partial charge in [0.2, 0.25) is 0 Å².